The molecule has 0 spiro atoms. The Morgan fingerprint density at radius 3 is 1.11 bits per heavy atom. The average Bonchev–Trinajstić information content (AvgIpc) is 0.787. The molecule has 1 amide bonds. The minimum atomic E-state index is -1.98. The minimum Gasteiger partial charge on any atom is -0.394 e. The first-order chi connectivity index (χ1) is 45.8. The molecule has 3 rings (SSSR count). The molecule has 0 aromatic heterocycles. The summed E-state index contributed by atoms with van der Waals surface area (Å²) in [6, 6.07) is -0.921. The van der Waals surface area contributed by atoms with Crippen LogP contribution in [0.2, 0.25) is 0 Å². The zero-order valence-corrected chi connectivity index (χ0v) is 58.2. The second-order valence-corrected chi connectivity index (χ2v) is 26.7. The van der Waals surface area contributed by atoms with Crippen molar-refractivity contribution in [1.29, 1.82) is 0 Å². The topological polar surface area (TPSA) is 307 Å². The Labute approximate surface area is 566 Å². The number of nitrogens with one attached hydrogen (secondary N) is 1. The normalized spacial score (nSPS) is 27.7. The van der Waals surface area contributed by atoms with Gasteiger partial charge in [-0.3, -0.25) is 4.79 Å². The van der Waals surface area contributed by atoms with Crippen molar-refractivity contribution in [1.82, 2.24) is 5.32 Å². The highest BCUT2D eigenvalue weighted by Gasteiger charge is 2.53. The van der Waals surface area contributed by atoms with Gasteiger partial charge in [0.25, 0.3) is 0 Å². The molecule has 3 aliphatic heterocycles. The predicted octanol–water partition coefficient (Wildman–Crippen LogP) is 11.1. The van der Waals surface area contributed by atoms with E-state index in [-0.39, 0.29) is 18.9 Å². The Morgan fingerprint density at radius 2 is 0.723 bits per heavy atom. The molecule has 94 heavy (non-hydrogen) atoms. The molecule has 19 heteroatoms. The molecule has 19 nitrogen and oxygen atoms in total. The van der Waals surface area contributed by atoms with Crippen LogP contribution in [0.15, 0.2) is 60.8 Å². The van der Waals surface area contributed by atoms with Gasteiger partial charge in [-0.05, 0) is 51.4 Å². The first-order valence-corrected chi connectivity index (χ1v) is 37.5. The Balaban J connectivity index is 1.38. The standard InChI is InChI=1S/C75H135NO18/c1-3-5-7-9-11-13-15-17-19-21-22-23-24-25-26-27-28-29-30-31-32-33-34-35-37-38-40-42-44-46-48-50-52-59(80)58(76-63(81)53-51-49-47-45-43-41-39-36-20-18-16-14-12-10-8-6-4-2)57-89-73-69(87)66(84)71(61(55-78)91-73)94-75-70(88)67(85)72(62(56-79)92-75)93-74-68(86)65(83)64(82)60(54-77)90-74/h6,8,12,14,18,20,39,41,45,47,58-62,64-75,77-80,82-88H,3-5,7,9-11,13,15-17,19,21-38,40,42-44,46,48-57H2,1-2H3,(H,76,81)/b8-6-,14-12-,20-18-,41-39-,47-45-. The second kappa shape index (κ2) is 56.3. The molecular weight excluding hydrogens is 1200 g/mol. The van der Waals surface area contributed by atoms with Crippen molar-refractivity contribution in [2.45, 2.75) is 381 Å². The van der Waals surface area contributed by atoms with Gasteiger partial charge in [-0.2, -0.15) is 0 Å². The van der Waals surface area contributed by atoms with Crippen molar-refractivity contribution in [3.05, 3.63) is 60.8 Å². The van der Waals surface area contributed by atoms with Gasteiger partial charge in [0, 0.05) is 6.42 Å². The summed E-state index contributed by atoms with van der Waals surface area (Å²) in [5.41, 5.74) is 0. The van der Waals surface area contributed by atoms with Crippen molar-refractivity contribution in [3.63, 3.8) is 0 Å². The highest BCUT2D eigenvalue weighted by atomic mass is 16.8. The third-order valence-corrected chi connectivity index (χ3v) is 18.6. The molecule has 3 saturated heterocycles. The van der Waals surface area contributed by atoms with E-state index in [2.05, 4.69) is 73.8 Å². The highest BCUT2D eigenvalue weighted by molar-refractivity contribution is 5.76. The summed E-state index contributed by atoms with van der Waals surface area (Å²) >= 11 is 0. The lowest BCUT2D eigenvalue weighted by atomic mass is 9.96. The van der Waals surface area contributed by atoms with Crippen molar-refractivity contribution in [2.24, 2.45) is 0 Å². The van der Waals surface area contributed by atoms with Gasteiger partial charge in [-0.25, -0.2) is 0 Å². The Bertz CT molecular complexity index is 1940. The predicted molar refractivity (Wildman–Crippen MR) is 369 cm³/mol. The summed E-state index contributed by atoms with van der Waals surface area (Å²) < 4.78 is 34.4. The van der Waals surface area contributed by atoms with Crippen LogP contribution in [0.3, 0.4) is 0 Å². The van der Waals surface area contributed by atoms with Crippen LogP contribution in [-0.2, 0) is 33.2 Å². The first-order valence-electron chi connectivity index (χ1n) is 37.5. The molecule has 0 aromatic carbocycles. The number of amides is 1. The number of unbranched alkanes of at least 4 members (excludes halogenated alkanes) is 32. The molecular formula is C75H135NO18. The zero-order chi connectivity index (χ0) is 68.2. The minimum absolute atomic E-state index is 0.186. The highest BCUT2D eigenvalue weighted by Crippen LogP contribution is 2.33. The fourth-order valence-electron chi connectivity index (χ4n) is 12.6. The van der Waals surface area contributed by atoms with Crippen molar-refractivity contribution in [2.75, 3.05) is 26.4 Å². The number of rotatable bonds is 58. The lowest BCUT2D eigenvalue weighted by molar-refractivity contribution is -0.379. The van der Waals surface area contributed by atoms with E-state index in [1.54, 1.807) is 0 Å². The summed E-state index contributed by atoms with van der Waals surface area (Å²) in [6.07, 6.45) is 43.3. The lowest BCUT2D eigenvalue weighted by Gasteiger charge is -2.48. The van der Waals surface area contributed by atoms with Gasteiger partial charge in [0.1, 0.15) is 73.2 Å². The SMILES string of the molecule is CC/C=C\C/C=C\C/C=C\C/C=C\C/C=C\CCCC(=O)NC(COC1OC(CO)C(OC2OC(CO)C(OC3OC(CO)C(O)C(O)C3O)C(O)C2O)C(O)C1O)C(O)CCCCCCCCCCCCCCCCCCCCCCCCCCCCCCCCCC. The zero-order valence-electron chi connectivity index (χ0n) is 58.2. The fourth-order valence-corrected chi connectivity index (χ4v) is 12.6. The molecule has 12 N–H and O–H groups in total. The second-order valence-electron chi connectivity index (χ2n) is 26.7. The van der Waals surface area contributed by atoms with Crippen LogP contribution in [0.5, 0.6) is 0 Å². The average molecular weight is 1340 g/mol. The Morgan fingerprint density at radius 1 is 0.394 bits per heavy atom. The number of hydrogen-bond acceptors (Lipinski definition) is 18. The van der Waals surface area contributed by atoms with E-state index >= 15 is 0 Å². The van der Waals surface area contributed by atoms with Crippen LogP contribution in [-0.4, -0.2) is 193 Å². The molecule has 0 aromatic rings. The maximum Gasteiger partial charge on any atom is 0.220 e. The van der Waals surface area contributed by atoms with E-state index in [1.165, 1.54) is 180 Å². The summed E-state index contributed by atoms with van der Waals surface area (Å²) in [5, 5.41) is 121. The first kappa shape index (κ1) is 85.7. The van der Waals surface area contributed by atoms with Crippen LogP contribution < -0.4 is 5.32 Å². The summed E-state index contributed by atoms with van der Waals surface area (Å²) in [6.45, 7) is 1.66. The van der Waals surface area contributed by atoms with Crippen molar-refractivity contribution in [3.8, 4) is 0 Å². The van der Waals surface area contributed by atoms with E-state index in [0.29, 0.717) is 25.7 Å². The third-order valence-electron chi connectivity index (χ3n) is 18.6. The lowest BCUT2D eigenvalue weighted by Crippen LogP contribution is -2.66. The molecule has 0 radical (unpaired) electrons. The molecule has 3 aliphatic rings. The van der Waals surface area contributed by atoms with Gasteiger partial charge in [-0.1, -0.05) is 280 Å². The number of carbonyl (C=O) groups excluding carboxylic acids is 1. The van der Waals surface area contributed by atoms with Crippen LogP contribution in [0.4, 0.5) is 0 Å². The Kier molecular flexibility index (Phi) is 51.3. The van der Waals surface area contributed by atoms with Gasteiger partial charge >= 0.3 is 0 Å². The summed E-state index contributed by atoms with van der Waals surface area (Å²) in [4.78, 5) is 13.4. The smallest absolute Gasteiger partial charge is 0.220 e. The molecule has 0 aliphatic carbocycles. The van der Waals surface area contributed by atoms with Crippen molar-refractivity contribution < 1.29 is 89.4 Å². The number of aliphatic hydroxyl groups excluding tert-OH is 11. The van der Waals surface area contributed by atoms with Crippen molar-refractivity contribution >= 4 is 5.91 Å². The van der Waals surface area contributed by atoms with Gasteiger partial charge in [-0.15, -0.1) is 0 Å². The van der Waals surface area contributed by atoms with Gasteiger partial charge in [0.15, 0.2) is 18.9 Å². The molecule has 17 unspecified atom stereocenters. The molecule has 17 atom stereocenters. The molecule has 0 bridgehead atoms. The number of allylic oxidation sites excluding steroid dienone is 10. The van der Waals surface area contributed by atoms with Crippen LogP contribution in [0.1, 0.15) is 277 Å². The molecule has 548 valence electrons. The van der Waals surface area contributed by atoms with Gasteiger partial charge in [0.2, 0.25) is 5.91 Å². The quantitative estimate of drug-likeness (QED) is 0.0199. The van der Waals surface area contributed by atoms with Gasteiger partial charge in [0.05, 0.1) is 38.6 Å². The van der Waals surface area contributed by atoms with Crippen LogP contribution in [0, 0.1) is 0 Å². The van der Waals surface area contributed by atoms with Crippen LogP contribution >= 0.6 is 0 Å². The molecule has 3 heterocycles. The summed E-state index contributed by atoms with van der Waals surface area (Å²) in [5.74, 6) is -0.298. The van der Waals surface area contributed by atoms with E-state index in [4.69, 9.17) is 28.4 Å². The number of carbonyl (C=O) groups is 1. The Hall–Kier alpha value is -2.51. The molecule has 0 saturated carbocycles. The van der Waals surface area contributed by atoms with E-state index in [0.717, 1.165) is 51.4 Å². The van der Waals surface area contributed by atoms with Crippen LogP contribution in [0.25, 0.3) is 0 Å². The number of aliphatic hydroxyl groups is 11. The van der Waals surface area contributed by atoms with E-state index in [9.17, 15) is 61.0 Å². The number of ether oxygens (including phenoxy) is 6. The number of hydrogen-bond donors (Lipinski definition) is 12. The monoisotopic (exact) mass is 1340 g/mol. The molecule has 3 fully saturated rings. The largest absolute Gasteiger partial charge is 0.394 e. The van der Waals surface area contributed by atoms with E-state index in [1.807, 2.05) is 6.08 Å². The van der Waals surface area contributed by atoms with E-state index < -0.39 is 124 Å². The van der Waals surface area contributed by atoms with Gasteiger partial charge < -0.3 is 89.9 Å². The fraction of sp³-hybridized carbons (Fsp3) is 0.853. The maximum absolute atomic E-state index is 13.4. The summed E-state index contributed by atoms with van der Waals surface area (Å²) in [7, 11) is 0. The third kappa shape index (κ3) is 37.1. The maximum atomic E-state index is 13.4.